The van der Waals surface area contributed by atoms with Crippen molar-refractivity contribution in [2.75, 3.05) is 18.0 Å². The first-order chi connectivity index (χ1) is 15.1. The number of anilines is 1. The fourth-order valence-corrected chi connectivity index (χ4v) is 4.16. The van der Waals surface area contributed by atoms with Gasteiger partial charge >= 0.3 is 5.97 Å². The molecule has 7 heteroatoms. The molecule has 2 rings (SSSR count). The Morgan fingerprint density at radius 1 is 0.969 bits per heavy atom. The molecule has 0 unspecified atom stereocenters. The molecule has 2 amide bonds. The number of hydrogen-bond acceptors (Lipinski definition) is 4. The van der Waals surface area contributed by atoms with Gasteiger partial charge in [0.2, 0.25) is 5.91 Å². The number of benzene rings is 1. The van der Waals surface area contributed by atoms with Crippen LogP contribution < -0.4 is 10.2 Å². The summed E-state index contributed by atoms with van der Waals surface area (Å²) in [4.78, 5) is 41.1. The predicted molar refractivity (Wildman–Crippen MR) is 127 cm³/mol. The molecule has 0 aliphatic carbocycles. The quantitative estimate of drug-likeness (QED) is 0.714. The van der Waals surface area contributed by atoms with Gasteiger partial charge in [-0.1, -0.05) is 33.1 Å². The maximum absolute atomic E-state index is 12.9. The third kappa shape index (κ3) is 7.05. The summed E-state index contributed by atoms with van der Waals surface area (Å²) in [5.41, 5.74) is 2.16. The third-order valence-corrected chi connectivity index (χ3v) is 6.16. The van der Waals surface area contributed by atoms with Crippen molar-refractivity contribution < 1.29 is 19.5 Å². The molecule has 0 saturated carbocycles. The lowest BCUT2D eigenvalue weighted by atomic mass is 10.0. The van der Waals surface area contributed by atoms with Crippen LogP contribution in [0.2, 0.25) is 0 Å². The molecule has 0 aromatic heterocycles. The Balaban J connectivity index is 2.44. The molecule has 0 bridgehead atoms. The molecular formula is C25H39N3O4. The number of carboxylic acid groups (broad SMARTS) is 1. The Bertz CT molecular complexity index is 806. The zero-order valence-electron chi connectivity index (χ0n) is 20.2. The van der Waals surface area contributed by atoms with Crippen LogP contribution in [0.4, 0.5) is 5.69 Å². The van der Waals surface area contributed by atoms with Gasteiger partial charge in [0, 0.05) is 37.3 Å². The maximum Gasteiger partial charge on any atom is 0.326 e. The standard InChI is InChI=1S/C25H39N3O4/c1-17(2)23(25(31)32)26-24(30)20-11-12-22-21(15-20)16-27(18(3)4)13-9-7-6-8-10-14-28(22)19(5)29/h11-12,15,17-18,23H,6-10,13-14,16H2,1-5H3,(H,26,30)(H,31,32)/t23-/m0/s1. The van der Waals surface area contributed by atoms with E-state index in [0.717, 1.165) is 37.1 Å². The maximum atomic E-state index is 12.9. The van der Waals surface area contributed by atoms with Crippen molar-refractivity contribution in [3.63, 3.8) is 0 Å². The van der Waals surface area contributed by atoms with E-state index in [4.69, 9.17) is 0 Å². The zero-order valence-corrected chi connectivity index (χ0v) is 20.2. The highest BCUT2D eigenvalue weighted by Gasteiger charge is 2.25. The molecule has 1 aromatic carbocycles. The Morgan fingerprint density at radius 3 is 2.16 bits per heavy atom. The average molecular weight is 446 g/mol. The van der Waals surface area contributed by atoms with Crippen molar-refractivity contribution in [3.8, 4) is 0 Å². The second kappa shape index (κ2) is 12.0. The van der Waals surface area contributed by atoms with Gasteiger partial charge in [-0.2, -0.15) is 0 Å². The molecule has 1 atom stereocenters. The first-order valence-corrected chi connectivity index (χ1v) is 11.8. The van der Waals surface area contributed by atoms with Gasteiger partial charge in [-0.25, -0.2) is 4.79 Å². The van der Waals surface area contributed by atoms with Crippen LogP contribution in [0.1, 0.15) is 82.6 Å². The van der Waals surface area contributed by atoms with Crippen LogP contribution in [-0.4, -0.2) is 53.0 Å². The summed E-state index contributed by atoms with van der Waals surface area (Å²) in [6.07, 6.45) is 5.50. The van der Waals surface area contributed by atoms with E-state index in [-0.39, 0.29) is 11.8 Å². The number of hydrogen-bond donors (Lipinski definition) is 2. The van der Waals surface area contributed by atoms with E-state index in [9.17, 15) is 19.5 Å². The van der Waals surface area contributed by atoms with Crippen molar-refractivity contribution in [3.05, 3.63) is 29.3 Å². The summed E-state index contributed by atoms with van der Waals surface area (Å²) in [5.74, 6) is -1.70. The van der Waals surface area contributed by atoms with Crippen molar-refractivity contribution in [2.45, 2.75) is 85.4 Å². The second-order valence-corrected chi connectivity index (χ2v) is 9.38. The van der Waals surface area contributed by atoms with Gasteiger partial charge in [0.05, 0.1) is 0 Å². The van der Waals surface area contributed by atoms with E-state index in [1.54, 1.807) is 26.8 Å². The van der Waals surface area contributed by atoms with Crippen LogP contribution >= 0.6 is 0 Å². The number of carboxylic acids is 1. The Kier molecular flexibility index (Phi) is 9.69. The molecule has 32 heavy (non-hydrogen) atoms. The Hall–Kier alpha value is -2.41. The molecule has 1 aliphatic rings. The summed E-state index contributed by atoms with van der Waals surface area (Å²) >= 11 is 0. The molecular weight excluding hydrogens is 406 g/mol. The minimum absolute atomic E-state index is 0.0117. The van der Waals surface area contributed by atoms with E-state index in [1.165, 1.54) is 12.8 Å². The number of fused-ring (bicyclic) bond motifs is 1. The van der Waals surface area contributed by atoms with Crippen molar-refractivity contribution in [2.24, 2.45) is 5.92 Å². The highest BCUT2D eigenvalue weighted by molar-refractivity contribution is 5.98. The lowest BCUT2D eigenvalue weighted by molar-refractivity contribution is -0.140. The van der Waals surface area contributed by atoms with Crippen molar-refractivity contribution in [1.82, 2.24) is 10.2 Å². The van der Waals surface area contributed by atoms with Gasteiger partial charge < -0.3 is 15.3 Å². The first kappa shape index (κ1) is 25.8. The molecule has 2 N–H and O–H groups in total. The van der Waals surface area contributed by atoms with Gasteiger partial charge in [-0.3, -0.25) is 14.5 Å². The molecule has 7 nitrogen and oxygen atoms in total. The lowest BCUT2D eigenvalue weighted by Crippen LogP contribution is -2.44. The van der Waals surface area contributed by atoms with E-state index in [2.05, 4.69) is 24.1 Å². The summed E-state index contributed by atoms with van der Waals surface area (Å²) in [6.45, 7) is 11.7. The van der Waals surface area contributed by atoms with Crippen LogP contribution in [0.25, 0.3) is 0 Å². The molecule has 0 saturated heterocycles. The smallest absolute Gasteiger partial charge is 0.326 e. The number of amides is 2. The Labute approximate surface area is 192 Å². The largest absolute Gasteiger partial charge is 0.480 e. The molecule has 0 fully saturated rings. The van der Waals surface area contributed by atoms with Crippen LogP contribution in [0.3, 0.4) is 0 Å². The second-order valence-electron chi connectivity index (χ2n) is 9.38. The molecule has 1 aliphatic heterocycles. The Morgan fingerprint density at radius 2 is 1.59 bits per heavy atom. The number of carbonyl (C=O) groups is 3. The average Bonchev–Trinajstić information content (AvgIpc) is 2.71. The topological polar surface area (TPSA) is 90.0 Å². The fraction of sp³-hybridized carbons (Fsp3) is 0.640. The zero-order chi connectivity index (χ0) is 23.8. The third-order valence-electron chi connectivity index (χ3n) is 6.16. The molecule has 1 heterocycles. The van der Waals surface area contributed by atoms with E-state index >= 15 is 0 Å². The predicted octanol–water partition coefficient (Wildman–Crippen LogP) is 4.05. The summed E-state index contributed by atoms with van der Waals surface area (Å²) < 4.78 is 0. The lowest BCUT2D eigenvalue weighted by Gasteiger charge is -2.31. The summed E-state index contributed by atoms with van der Waals surface area (Å²) in [7, 11) is 0. The van der Waals surface area contributed by atoms with E-state index in [0.29, 0.717) is 24.7 Å². The number of carbonyl (C=O) groups excluding carboxylic acids is 2. The van der Waals surface area contributed by atoms with Gasteiger partial charge in [0.15, 0.2) is 0 Å². The van der Waals surface area contributed by atoms with Gasteiger partial charge in [0.1, 0.15) is 6.04 Å². The monoisotopic (exact) mass is 445 g/mol. The first-order valence-electron chi connectivity index (χ1n) is 11.8. The minimum Gasteiger partial charge on any atom is -0.480 e. The van der Waals surface area contributed by atoms with Crippen LogP contribution in [0.15, 0.2) is 18.2 Å². The SMILES string of the molecule is CC(=O)N1CCCCCCCN(C(C)C)Cc2cc(C(=O)N[C@H](C(=O)O)C(C)C)ccc21. The number of nitrogens with one attached hydrogen (secondary N) is 1. The van der Waals surface area contributed by atoms with Crippen molar-refractivity contribution >= 4 is 23.5 Å². The highest BCUT2D eigenvalue weighted by Crippen LogP contribution is 2.27. The van der Waals surface area contributed by atoms with Crippen LogP contribution in [-0.2, 0) is 16.1 Å². The van der Waals surface area contributed by atoms with E-state index < -0.39 is 17.9 Å². The van der Waals surface area contributed by atoms with Crippen molar-refractivity contribution in [1.29, 1.82) is 0 Å². The highest BCUT2D eigenvalue weighted by atomic mass is 16.4. The normalized spacial score (nSPS) is 17.3. The van der Waals surface area contributed by atoms with Gasteiger partial charge in [-0.15, -0.1) is 0 Å². The van der Waals surface area contributed by atoms with E-state index in [1.807, 2.05) is 17.0 Å². The number of nitrogens with zero attached hydrogens (tertiary/aromatic N) is 2. The molecule has 0 radical (unpaired) electrons. The van der Waals surface area contributed by atoms with Crippen LogP contribution in [0.5, 0.6) is 0 Å². The summed E-state index contributed by atoms with van der Waals surface area (Å²) in [5, 5.41) is 12.1. The number of aliphatic carboxylic acids is 1. The summed E-state index contributed by atoms with van der Waals surface area (Å²) in [6, 6.07) is 4.72. The minimum atomic E-state index is -1.05. The van der Waals surface area contributed by atoms with Gasteiger partial charge in [-0.05, 0) is 62.9 Å². The number of rotatable bonds is 5. The van der Waals surface area contributed by atoms with Crippen LogP contribution in [0, 0.1) is 5.92 Å². The fourth-order valence-electron chi connectivity index (χ4n) is 4.16. The molecule has 178 valence electrons. The van der Waals surface area contributed by atoms with Gasteiger partial charge in [0.25, 0.3) is 5.91 Å². The molecule has 1 aromatic rings. The molecule has 0 spiro atoms.